The Bertz CT molecular complexity index is 2640. The Morgan fingerprint density at radius 1 is 0.516 bits per heavy atom. The van der Waals surface area contributed by atoms with Gasteiger partial charge in [0.15, 0.2) is 0 Å². The second kappa shape index (κ2) is 34.3. The summed E-state index contributed by atoms with van der Waals surface area (Å²) in [6, 6.07) is 4.43. The van der Waals surface area contributed by atoms with Crippen LogP contribution in [-0.2, 0) is 0 Å². The third-order valence-corrected chi connectivity index (χ3v) is 30.5. The number of terminal acetylenes is 1. The fourth-order valence-corrected chi connectivity index (χ4v) is 24.7. The Kier molecular flexibility index (Phi) is 31.2. The van der Waals surface area contributed by atoms with E-state index in [0.717, 1.165) is 127 Å². The Labute approximate surface area is 615 Å². The minimum Gasteiger partial charge on any atom is -1.00 e. The van der Waals surface area contributed by atoms with Crippen molar-refractivity contribution in [3.63, 3.8) is 0 Å². The van der Waals surface area contributed by atoms with E-state index in [1.807, 2.05) is 13.1 Å². The van der Waals surface area contributed by atoms with Gasteiger partial charge in [0.1, 0.15) is 27.8 Å². The maximum atomic E-state index is 10.6. The van der Waals surface area contributed by atoms with Crippen LogP contribution in [0, 0.1) is 123 Å². The first-order valence-electron chi connectivity index (χ1n) is 35.2. The van der Waals surface area contributed by atoms with Crippen LogP contribution < -0.4 is 79.0 Å². The van der Waals surface area contributed by atoms with Gasteiger partial charge in [0.25, 0.3) is 0 Å². The Morgan fingerprint density at radius 2 is 0.871 bits per heavy atom. The molecule has 4 N–H and O–H groups in total. The van der Waals surface area contributed by atoms with Crippen molar-refractivity contribution >= 4 is 27.7 Å². The molecule has 0 radical (unpaired) electrons. The van der Waals surface area contributed by atoms with E-state index in [1.165, 1.54) is 152 Å². The van der Waals surface area contributed by atoms with Crippen LogP contribution in [0.1, 0.15) is 246 Å². The van der Waals surface area contributed by atoms with Gasteiger partial charge < -0.3 is 34.3 Å². The monoisotopic (exact) mass is 1480 g/mol. The van der Waals surface area contributed by atoms with Gasteiger partial charge in [-0.1, -0.05) is 77.8 Å². The summed E-state index contributed by atoms with van der Waals surface area (Å²) >= 11 is 0. The van der Waals surface area contributed by atoms with Crippen molar-refractivity contribution in [3.05, 3.63) is 29.8 Å². The van der Waals surface area contributed by atoms with Gasteiger partial charge in [-0.05, 0) is 305 Å². The van der Waals surface area contributed by atoms with Crippen LogP contribution in [-0.4, -0.2) is 70.0 Å². The molecule has 14 rings (SSSR count). The van der Waals surface area contributed by atoms with Crippen LogP contribution >= 0.6 is 0 Å². The summed E-state index contributed by atoms with van der Waals surface area (Å²) in [6.45, 7) is 27.3. The van der Waals surface area contributed by atoms with E-state index in [4.69, 9.17) is 48.1 Å². The van der Waals surface area contributed by atoms with E-state index in [2.05, 4.69) is 107 Å². The molecule has 93 heavy (non-hydrogen) atoms. The minimum atomic E-state index is -1.44. The summed E-state index contributed by atoms with van der Waals surface area (Å²) in [4.78, 5) is 0. The van der Waals surface area contributed by atoms with Crippen LogP contribution in [0.4, 0.5) is 32.1 Å². The number of aromatic nitrogens is 2. The smallest absolute Gasteiger partial charge is 1.00 e. The minimum absolute atomic E-state index is 0. The second-order valence-electron chi connectivity index (χ2n) is 35.1. The van der Waals surface area contributed by atoms with E-state index in [-0.39, 0.29) is 85.7 Å². The molecule has 24 atom stereocenters. The van der Waals surface area contributed by atoms with Crippen molar-refractivity contribution in [2.24, 2.45) is 116 Å². The summed E-state index contributed by atoms with van der Waals surface area (Å²) < 4.78 is 59.0. The van der Waals surface area contributed by atoms with Gasteiger partial charge in [-0.2, -0.15) is 0 Å². The molecular formula is C73H122CsF8N3O6Si2. The number of fused-ring (bicyclic) bond motifs is 15. The molecule has 12 fully saturated rings. The van der Waals surface area contributed by atoms with Crippen molar-refractivity contribution in [1.82, 2.24) is 10.3 Å². The topological polar surface area (TPSA) is 145 Å². The quantitative estimate of drug-likeness (QED) is 0.0591. The van der Waals surface area contributed by atoms with Crippen LogP contribution in [0.2, 0.25) is 39.3 Å². The predicted molar refractivity (Wildman–Crippen MR) is 356 cm³/mol. The second-order valence-corrected chi connectivity index (χ2v) is 44.8. The van der Waals surface area contributed by atoms with Gasteiger partial charge in [0.2, 0.25) is 0 Å². The molecule has 12 saturated carbocycles. The molecule has 0 saturated heterocycles. The molecule has 2 aromatic rings. The van der Waals surface area contributed by atoms with Crippen molar-refractivity contribution in [2.45, 2.75) is 290 Å². The molecular weight excluding hydrogens is 1360 g/mol. The van der Waals surface area contributed by atoms with Gasteiger partial charge in [-0.25, -0.2) is 0 Å². The largest absolute Gasteiger partial charge is 1.00 e. The first-order valence-corrected chi connectivity index (χ1v) is 42.2. The molecule has 0 aliphatic heterocycles. The third kappa shape index (κ3) is 18.1. The van der Waals surface area contributed by atoms with Crippen molar-refractivity contribution in [2.75, 3.05) is 0 Å². The van der Waals surface area contributed by atoms with Crippen LogP contribution in [0.15, 0.2) is 32.6 Å². The van der Waals surface area contributed by atoms with Crippen LogP contribution in [0.25, 0.3) is 0 Å². The van der Waals surface area contributed by atoms with E-state index in [9.17, 15) is 15.3 Å². The Morgan fingerprint density at radius 3 is 1.22 bits per heavy atom. The predicted octanol–water partition coefficient (Wildman–Crippen LogP) is 14.1. The normalized spacial score (nSPS) is 43.6. The van der Waals surface area contributed by atoms with Gasteiger partial charge in [-0.15, -0.1) is 17.1 Å². The number of rotatable bonds is 4. The zero-order valence-corrected chi connectivity index (χ0v) is 66.7. The summed E-state index contributed by atoms with van der Waals surface area (Å²) in [6.07, 6.45) is 42.8. The molecule has 0 unspecified atom stereocenters. The molecule has 2 aromatic heterocycles. The van der Waals surface area contributed by atoms with Gasteiger partial charge in [-0.3, -0.25) is 4.70 Å². The van der Waals surface area contributed by atoms with Crippen molar-refractivity contribution < 1.29 is 135 Å². The van der Waals surface area contributed by atoms with Gasteiger partial charge in [0, 0.05) is 57.5 Å². The fraction of sp³-hybridized carbons (Fsp3) is 0.877. The first-order chi connectivity index (χ1) is 42.1. The molecule has 12 aliphatic carbocycles. The number of hydrogen-bond donors (Lipinski definition) is 4. The molecule has 530 valence electrons. The standard InChI is InChI=1S/C25H41NO2Si.C22H33NO2.C20H33NO2.C5H10Si.CH4.Cs.3F2.2FH/c1-24(27)12-10-17-16(15-24)6-7-19-18(17)11-13-25(2)20(19)8-9-21(25)22-14-23(28-26-22)29(3,4)5;1-21(24)10-7-15-14(13-21)3-4-17-16(15)8-11-22(2)18(17)5-6-19(22)20-9-12-25-23-20;1-19(22)9-7-15-13(11-19)3-5-17-16(15)8-10-20(2)14(12-21-23)4-6-18(17)20;1-5-6(2,3)4;;;3*1-2;;/h14,16-21,27H,6-13,15H2,1-5H3;9,12,14-19,24H,3-8,10-11,13H2,1-2H3;12-18,22-23H,3-11H2,1-2H3;1H,2-4H3;1H4;;;;;2*1H/q;;;;;+1;;;;;/p-1/b;;21-12+;;;;;;;;/t16-,17-,18+,19+,20-,21+,24+,25-;14-,15-,16+,17+,18-,19+,21+,22-;13-,14+,15-,16+,17+,18-,19+,20+;;;;;;;;/m000......../s1. The zero-order valence-electron chi connectivity index (χ0n) is 58.4. The Balaban J connectivity index is 0.000000270. The fourth-order valence-electron chi connectivity index (χ4n) is 23.8. The number of halogens is 8. The summed E-state index contributed by atoms with van der Waals surface area (Å²) in [5.74, 6) is 14.6. The van der Waals surface area contributed by atoms with E-state index in [0.29, 0.717) is 34.0 Å². The maximum Gasteiger partial charge on any atom is 1.00 e. The Hall–Kier alpha value is -0.744. The van der Waals surface area contributed by atoms with Crippen molar-refractivity contribution in [3.8, 4) is 12.0 Å². The van der Waals surface area contributed by atoms with Crippen molar-refractivity contribution in [1.29, 1.82) is 0 Å². The van der Waals surface area contributed by atoms with Crippen LogP contribution in [0.5, 0.6) is 0 Å². The van der Waals surface area contributed by atoms with Gasteiger partial charge in [0.05, 0.1) is 28.2 Å². The number of aliphatic hydroxyl groups is 3. The SMILES string of the molecule is C.C#C[Si](C)(C)C.C[C@@]1(O)CC[C@H]2[C@@H](CC[C@@H]3[C@@H]2CC[C@]2(C)[C@@H](/C=N/O)CC[C@@H]32)C1.C[C@@]1(O)CC[C@H]2[C@@H](CC[C@@H]3[C@@H]2CC[C@]2(C)[C@@H](c4cc([Si](C)(C)C)on4)CC[C@@H]32)C1.C[C@@]1(O)CC[C@H]2[C@@H](CC[C@@H]3[C@@H]2CC[C@]2(C)[C@@H](c4ccon4)CC[C@@H]32)C1.F.FF.FF.FF.[Cs+].[F-]. The molecule has 0 spiro atoms. The molecule has 12 aliphatic rings. The summed E-state index contributed by atoms with van der Waals surface area (Å²) in [7, 11) is -2.54. The number of nitrogens with zero attached hydrogens (tertiary/aromatic N) is 3. The average molecular weight is 1480 g/mol. The molecule has 0 bridgehead atoms. The maximum absolute atomic E-state index is 10.6. The average Bonchev–Trinajstić information content (AvgIpc) is 1.69. The summed E-state index contributed by atoms with van der Waals surface area (Å²) in [5.41, 5.74) is 5.17. The molecule has 2 heterocycles. The first kappa shape index (κ1) is 84.7. The molecule has 0 amide bonds. The summed E-state index contributed by atoms with van der Waals surface area (Å²) in [5, 5.41) is 54.1. The molecule has 20 heteroatoms. The zero-order chi connectivity index (χ0) is 65.3. The van der Waals surface area contributed by atoms with E-state index in [1.54, 1.807) is 6.26 Å². The van der Waals surface area contributed by atoms with E-state index < -0.39 is 33.0 Å². The number of hydrogen-bond acceptors (Lipinski definition) is 9. The third-order valence-electron chi connectivity index (χ3n) is 27.9. The molecule has 0 aromatic carbocycles. The van der Waals surface area contributed by atoms with E-state index >= 15 is 0 Å². The van der Waals surface area contributed by atoms with Crippen LogP contribution in [0.3, 0.4) is 0 Å². The van der Waals surface area contributed by atoms with Gasteiger partial charge >= 0.3 is 68.9 Å². The number of oxime groups is 1. The molecule has 9 nitrogen and oxygen atoms in total.